The van der Waals surface area contributed by atoms with Crippen LogP contribution in [0.2, 0.25) is 0 Å². The van der Waals surface area contributed by atoms with Crippen LogP contribution in [0.5, 0.6) is 0 Å². The molecule has 0 bridgehead atoms. The predicted octanol–water partition coefficient (Wildman–Crippen LogP) is 2.85. The van der Waals surface area contributed by atoms with Gasteiger partial charge in [0.1, 0.15) is 0 Å². The van der Waals surface area contributed by atoms with Crippen LogP contribution in [-0.2, 0) is 13.6 Å². The highest BCUT2D eigenvalue weighted by atomic mass is 16.5. The number of nitrogens with zero attached hydrogens (tertiary/aromatic N) is 6. The molecule has 0 saturated carbocycles. The number of rotatable bonds is 5. The molecule has 4 aromatic rings. The zero-order valence-electron chi connectivity index (χ0n) is 14.4. The molecule has 0 amide bonds. The summed E-state index contributed by atoms with van der Waals surface area (Å²) in [7, 11) is 1.89. The van der Waals surface area contributed by atoms with E-state index in [0.717, 1.165) is 22.5 Å². The fraction of sp³-hybridized carbons (Fsp3) is 0.167. The molecule has 1 N–H and O–H groups in total. The zero-order chi connectivity index (χ0) is 17.9. The normalized spacial score (nSPS) is 10.8. The van der Waals surface area contributed by atoms with E-state index in [4.69, 9.17) is 4.52 Å². The maximum Gasteiger partial charge on any atom is 0.246 e. The minimum Gasteiger partial charge on any atom is -0.345 e. The molecule has 0 aliphatic carbocycles. The van der Waals surface area contributed by atoms with E-state index in [-0.39, 0.29) is 0 Å². The second-order valence-corrected chi connectivity index (χ2v) is 5.80. The van der Waals surface area contributed by atoms with Crippen LogP contribution in [0.3, 0.4) is 0 Å². The molecule has 3 aromatic heterocycles. The van der Waals surface area contributed by atoms with Crippen molar-refractivity contribution in [2.24, 2.45) is 7.05 Å². The van der Waals surface area contributed by atoms with Crippen LogP contribution in [0.15, 0.2) is 53.3 Å². The van der Waals surface area contributed by atoms with Gasteiger partial charge < -0.3 is 9.84 Å². The van der Waals surface area contributed by atoms with E-state index < -0.39 is 0 Å². The van der Waals surface area contributed by atoms with Gasteiger partial charge in [-0.3, -0.25) is 4.68 Å². The SMILES string of the molecule is Cc1nn(C)cc1-c1ccnc(NCc2nc(-c3ccccc3)no2)n1. The first kappa shape index (κ1) is 15.9. The van der Waals surface area contributed by atoms with Crippen molar-refractivity contribution in [3.05, 3.63) is 60.4 Å². The average molecular weight is 347 g/mol. The number of aryl methyl sites for hydroxylation is 2. The van der Waals surface area contributed by atoms with Gasteiger partial charge in [-0.05, 0) is 13.0 Å². The monoisotopic (exact) mass is 347 g/mol. The quantitative estimate of drug-likeness (QED) is 0.593. The lowest BCUT2D eigenvalue weighted by Gasteiger charge is -2.03. The standard InChI is InChI=1S/C18H17N7O/c1-12-14(11-25(2)23-12)15-8-9-19-18(21-15)20-10-16-22-17(24-26-16)13-6-4-3-5-7-13/h3-9,11H,10H2,1-2H3,(H,19,20,21). The largest absolute Gasteiger partial charge is 0.345 e. The van der Waals surface area contributed by atoms with E-state index in [1.807, 2.05) is 56.6 Å². The van der Waals surface area contributed by atoms with Gasteiger partial charge in [-0.2, -0.15) is 10.1 Å². The van der Waals surface area contributed by atoms with Gasteiger partial charge in [-0.1, -0.05) is 35.5 Å². The molecule has 0 spiro atoms. The van der Waals surface area contributed by atoms with Gasteiger partial charge in [0, 0.05) is 30.6 Å². The molecule has 130 valence electrons. The van der Waals surface area contributed by atoms with Crippen LogP contribution in [0, 0.1) is 6.92 Å². The average Bonchev–Trinajstić information content (AvgIpc) is 3.27. The van der Waals surface area contributed by atoms with Crippen molar-refractivity contribution in [1.29, 1.82) is 0 Å². The maximum absolute atomic E-state index is 5.29. The zero-order valence-corrected chi connectivity index (χ0v) is 14.4. The number of aromatic nitrogens is 6. The summed E-state index contributed by atoms with van der Waals surface area (Å²) in [4.78, 5) is 13.2. The smallest absolute Gasteiger partial charge is 0.246 e. The Morgan fingerprint density at radius 3 is 2.73 bits per heavy atom. The molecule has 0 unspecified atom stereocenters. The summed E-state index contributed by atoms with van der Waals surface area (Å²) in [5.74, 6) is 1.52. The maximum atomic E-state index is 5.29. The van der Waals surface area contributed by atoms with E-state index in [9.17, 15) is 0 Å². The number of anilines is 1. The summed E-state index contributed by atoms with van der Waals surface area (Å²) in [6.45, 7) is 2.30. The fourth-order valence-corrected chi connectivity index (χ4v) is 2.63. The molecule has 0 radical (unpaired) electrons. The number of nitrogens with one attached hydrogen (secondary N) is 1. The van der Waals surface area contributed by atoms with Gasteiger partial charge >= 0.3 is 0 Å². The second-order valence-electron chi connectivity index (χ2n) is 5.80. The van der Waals surface area contributed by atoms with Crippen LogP contribution >= 0.6 is 0 Å². The number of benzene rings is 1. The van der Waals surface area contributed by atoms with E-state index in [1.54, 1.807) is 10.9 Å². The van der Waals surface area contributed by atoms with Crippen LogP contribution < -0.4 is 5.32 Å². The van der Waals surface area contributed by atoms with Gasteiger partial charge in [0.15, 0.2) is 0 Å². The van der Waals surface area contributed by atoms with Crippen LogP contribution in [0.4, 0.5) is 5.95 Å². The molecule has 0 saturated heterocycles. The highest BCUT2D eigenvalue weighted by molar-refractivity contribution is 5.61. The van der Waals surface area contributed by atoms with E-state index in [2.05, 4.69) is 30.5 Å². The Balaban J connectivity index is 1.48. The van der Waals surface area contributed by atoms with Crippen molar-refractivity contribution >= 4 is 5.95 Å². The molecule has 1 aromatic carbocycles. The molecule has 8 nitrogen and oxygen atoms in total. The first-order chi connectivity index (χ1) is 12.7. The summed E-state index contributed by atoms with van der Waals surface area (Å²) < 4.78 is 7.05. The molecule has 4 rings (SSSR count). The molecule has 0 aliphatic rings. The van der Waals surface area contributed by atoms with Gasteiger partial charge in [0.05, 0.1) is 17.9 Å². The first-order valence-corrected chi connectivity index (χ1v) is 8.14. The molecule has 0 atom stereocenters. The molecule has 26 heavy (non-hydrogen) atoms. The summed E-state index contributed by atoms with van der Waals surface area (Å²) in [5, 5.41) is 11.5. The van der Waals surface area contributed by atoms with Crippen LogP contribution in [0.1, 0.15) is 11.6 Å². The molecule has 0 fully saturated rings. The van der Waals surface area contributed by atoms with E-state index >= 15 is 0 Å². The van der Waals surface area contributed by atoms with Crippen molar-refractivity contribution in [3.8, 4) is 22.6 Å². The third kappa shape index (κ3) is 3.30. The fourth-order valence-electron chi connectivity index (χ4n) is 2.63. The second kappa shape index (κ2) is 6.75. The topological polar surface area (TPSA) is 94.6 Å². The Labute approximate surface area is 149 Å². The summed E-state index contributed by atoms with van der Waals surface area (Å²) >= 11 is 0. The van der Waals surface area contributed by atoms with Gasteiger partial charge in [-0.25, -0.2) is 9.97 Å². The highest BCUT2D eigenvalue weighted by Gasteiger charge is 2.11. The Morgan fingerprint density at radius 2 is 1.96 bits per heavy atom. The minimum atomic E-state index is 0.343. The molecule has 0 aliphatic heterocycles. The Bertz CT molecular complexity index is 1020. The van der Waals surface area contributed by atoms with Crippen LogP contribution in [0.25, 0.3) is 22.6 Å². The van der Waals surface area contributed by atoms with Gasteiger partial charge in [0.25, 0.3) is 0 Å². The molecular formula is C18H17N7O. The predicted molar refractivity (Wildman–Crippen MR) is 96.0 cm³/mol. The first-order valence-electron chi connectivity index (χ1n) is 8.14. The van der Waals surface area contributed by atoms with Crippen LogP contribution in [-0.4, -0.2) is 29.9 Å². The molecule has 3 heterocycles. The Kier molecular flexibility index (Phi) is 4.14. The third-order valence-corrected chi connectivity index (χ3v) is 3.84. The minimum absolute atomic E-state index is 0.343. The van der Waals surface area contributed by atoms with Crippen molar-refractivity contribution in [3.63, 3.8) is 0 Å². The van der Waals surface area contributed by atoms with E-state index in [0.29, 0.717) is 24.2 Å². The lowest BCUT2D eigenvalue weighted by atomic mass is 10.2. The lowest BCUT2D eigenvalue weighted by Crippen LogP contribution is -2.04. The summed E-state index contributed by atoms with van der Waals surface area (Å²) in [6.07, 6.45) is 3.64. The number of hydrogen-bond donors (Lipinski definition) is 1. The van der Waals surface area contributed by atoms with Crippen molar-refractivity contribution in [2.45, 2.75) is 13.5 Å². The molecule has 8 heteroatoms. The highest BCUT2D eigenvalue weighted by Crippen LogP contribution is 2.21. The van der Waals surface area contributed by atoms with Crippen molar-refractivity contribution in [2.75, 3.05) is 5.32 Å². The summed E-state index contributed by atoms with van der Waals surface area (Å²) in [5.41, 5.74) is 3.61. The van der Waals surface area contributed by atoms with E-state index in [1.165, 1.54) is 0 Å². The summed E-state index contributed by atoms with van der Waals surface area (Å²) in [6, 6.07) is 11.5. The van der Waals surface area contributed by atoms with Crippen molar-refractivity contribution in [1.82, 2.24) is 29.9 Å². The van der Waals surface area contributed by atoms with Crippen molar-refractivity contribution < 1.29 is 4.52 Å². The lowest BCUT2D eigenvalue weighted by molar-refractivity contribution is 0.384. The third-order valence-electron chi connectivity index (χ3n) is 3.84. The Hall–Kier alpha value is -3.55. The van der Waals surface area contributed by atoms with Gasteiger partial charge in [-0.15, -0.1) is 0 Å². The number of hydrogen-bond acceptors (Lipinski definition) is 7. The Morgan fingerprint density at radius 1 is 1.12 bits per heavy atom. The van der Waals surface area contributed by atoms with Gasteiger partial charge in [0.2, 0.25) is 17.7 Å². The molecular weight excluding hydrogens is 330 g/mol.